The number of hydrogen-bond donors (Lipinski definition) is 1. The Morgan fingerprint density at radius 2 is 1.86 bits per heavy atom. The molecule has 116 valence electrons. The van der Waals surface area contributed by atoms with Crippen molar-refractivity contribution in [3.8, 4) is 0 Å². The zero-order valence-electron chi connectivity index (χ0n) is 12.9. The maximum atomic E-state index is 12.4. The summed E-state index contributed by atoms with van der Waals surface area (Å²) in [6.45, 7) is 4.00. The van der Waals surface area contributed by atoms with E-state index in [9.17, 15) is 9.90 Å². The predicted molar refractivity (Wildman–Crippen MR) is 88.0 cm³/mol. The van der Waals surface area contributed by atoms with Crippen LogP contribution < -0.4 is 4.90 Å². The number of carbonyl (C=O) groups is 1. The first-order chi connectivity index (χ1) is 10.5. The molecule has 0 fully saturated rings. The third-order valence-corrected chi connectivity index (χ3v) is 3.87. The summed E-state index contributed by atoms with van der Waals surface area (Å²) >= 11 is 6.00. The number of amides is 1. The van der Waals surface area contributed by atoms with Gasteiger partial charge in [-0.3, -0.25) is 9.78 Å². The van der Waals surface area contributed by atoms with Gasteiger partial charge in [-0.15, -0.1) is 0 Å². The molecule has 0 spiro atoms. The molecule has 22 heavy (non-hydrogen) atoms. The highest BCUT2D eigenvalue weighted by Gasteiger charge is 2.48. The van der Waals surface area contributed by atoms with Crippen molar-refractivity contribution in [2.45, 2.75) is 25.9 Å². The van der Waals surface area contributed by atoms with E-state index in [2.05, 4.69) is 4.98 Å². The van der Waals surface area contributed by atoms with Crippen LogP contribution in [0.1, 0.15) is 25.0 Å². The Labute approximate surface area is 135 Å². The number of halogens is 1. The molecule has 4 nitrogen and oxygen atoms in total. The average molecular weight is 319 g/mol. The molecule has 3 rings (SSSR count). The van der Waals surface area contributed by atoms with Gasteiger partial charge in [0.2, 0.25) is 0 Å². The number of carbonyl (C=O) groups excluding carboxylic acids is 1. The molecule has 1 atom stereocenters. The van der Waals surface area contributed by atoms with Crippen LogP contribution in [0.2, 0.25) is 5.02 Å². The summed E-state index contributed by atoms with van der Waals surface area (Å²) in [5.41, 5.74) is 0.512. The number of anilines is 1. The van der Waals surface area contributed by atoms with Crippen molar-refractivity contribution in [1.29, 1.82) is 0 Å². The number of fused-ring (bicyclic) bond motifs is 1. The van der Waals surface area contributed by atoms with Crippen LogP contribution in [0.5, 0.6) is 0 Å². The van der Waals surface area contributed by atoms with Crippen molar-refractivity contribution in [1.82, 2.24) is 4.98 Å². The highest BCUT2D eigenvalue weighted by molar-refractivity contribution is 6.31. The van der Waals surface area contributed by atoms with E-state index >= 15 is 0 Å². The van der Waals surface area contributed by atoms with Gasteiger partial charge in [0.05, 0.1) is 5.69 Å². The summed E-state index contributed by atoms with van der Waals surface area (Å²) in [7, 11) is 1.65. The fourth-order valence-corrected chi connectivity index (χ4v) is 2.77. The minimum Gasteiger partial charge on any atom is -0.375 e. The second-order valence-electron chi connectivity index (χ2n) is 4.92. The smallest absolute Gasteiger partial charge is 0.263 e. The lowest BCUT2D eigenvalue weighted by Crippen LogP contribution is -2.40. The topological polar surface area (TPSA) is 53.4 Å². The summed E-state index contributed by atoms with van der Waals surface area (Å²) in [4.78, 5) is 17.8. The normalized spacial score (nSPS) is 19.5. The molecule has 1 aliphatic heterocycles. The highest BCUT2D eigenvalue weighted by Crippen LogP contribution is 2.42. The first kappa shape index (κ1) is 16.5. The van der Waals surface area contributed by atoms with Gasteiger partial charge in [0.15, 0.2) is 5.60 Å². The number of nitrogens with zero attached hydrogens (tertiary/aromatic N) is 2. The third kappa shape index (κ3) is 2.72. The van der Waals surface area contributed by atoms with Crippen LogP contribution in [0.3, 0.4) is 0 Å². The van der Waals surface area contributed by atoms with E-state index in [1.54, 1.807) is 49.8 Å². The van der Waals surface area contributed by atoms with Crippen molar-refractivity contribution < 1.29 is 9.90 Å². The molecule has 0 saturated heterocycles. The Balaban J connectivity index is 0.000000847. The standard InChI is InChI=1S/C15H13ClN2O2.C2H6/c1-18-13-3-2-11(16)8-12(13)15(20,14(18)19)9-10-4-6-17-7-5-10;1-2/h2-8,20H,9H2,1H3;1-2H3. The lowest BCUT2D eigenvalue weighted by Gasteiger charge is -2.22. The van der Waals surface area contributed by atoms with E-state index in [1.165, 1.54) is 4.90 Å². The summed E-state index contributed by atoms with van der Waals surface area (Å²) in [6, 6.07) is 8.68. The Bertz CT molecular complexity index is 676. The number of benzene rings is 1. The van der Waals surface area contributed by atoms with Gasteiger partial charge < -0.3 is 10.0 Å². The lowest BCUT2D eigenvalue weighted by atomic mass is 9.89. The van der Waals surface area contributed by atoms with Gasteiger partial charge in [0, 0.05) is 36.4 Å². The Morgan fingerprint density at radius 1 is 1.23 bits per heavy atom. The van der Waals surface area contributed by atoms with Gasteiger partial charge in [0.1, 0.15) is 0 Å². The number of aliphatic hydroxyl groups is 1. The number of aromatic nitrogens is 1. The minimum atomic E-state index is -1.57. The molecule has 1 N–H and O–H groups in total. The second-order valence-corrected chi connectivity index (χ2v) is 5.35. The predicted octanol–water partition coefficient (Wildman–Crippen LogP) is 3.17. The van der Waals surface area contributed by atoms with Crippen molar-refractivity contribution in [3.05, 3.63) is 58.9 Å². The highest BCUT2D eigenvalue weighted by atomic mass is 35.5. The van der Waals surface area contributed by atoms with E-state index in [4.69, 9.17) is 11.6 Å². The lowest BCUT2D eigenvalue weighted by molar-refractivity contribution is -0.135. The van der Waals surface area contributed by atoms with Gasteiger partial charge >= 0.3 is 0 Å². The van der Waals surface area contributed by atoms with Crippen molar-refractivity contribution in [2.24, 2.45) is 0 Å². The minimum absolute atomic E-state index is 0.200. The maximum absolute atomic E-state index is 12.4. The molecule has 1 unspecified atom stereocenters. The van der Waals surface area contributed by atoms with E-state index < -0.39 is 5.60 Å². The Hall–Kier alpha value is -1.91. The summed E-state index contributed by atoms with van der Waals surface area (Å²) < 4.78 is 0. The largest absolute Gasteiger partial charge is 0.375 e. The van der Waals surface area contributed by atoms with Gasteiger partial charge in [0.25, 0.3) is 5.91 Å². The SMILES string of the molecule is CC.CN1C(=O)C(O)(Cc2ccncc2)c2cc(Cl)ccc21. The average Bonchev–Trinajstić information content (AvgIpc) is 2.72. The van der Waals surface area contributed by atoms with Crippen LogP contribution >= 0.6 is 11.6 Å². The second kappa shape index (κ2) is 6.46. The molecule has 0 radical (unpaired) electrons. The van der Waals surface area contributed by atoms with Gasteiger partial charge in [-0.2, -0.15) is 0 Å². The zero-order chi connectivity index (χ0) is 16.3. The van der Waals surface area contributed by atoms with E-state index in [-0.39, 0.29) is 12.3 Å². The van der Waals surface area contributed by atoms with Gasteiger partial charge in [-0.1, -0.05) is 25.4 Å². The van der Waals surface area contributed by atoms with Crippen molar-refractivity contribution in [2.75, 3.05) is 11.9 Å². The first-order valence-electron chi connectivity index (χ1n) is 7.22. The van der Waals surface area contributed by atoms with Crippen LogP contribution in [0.25, 0.3) is 0 Å². The summed E-state index contributed by atoms with van der Waals surface area (Å²) in [5.74, 6) is -0.341. The monoisotopic (exact) mass is 318 g/mol. The van der Waals surface area contributed by atoms with Gasteiger partial charge in [-0.05, 0) is 35.9 Å². The molecular formula is C17H19ClN2O2. The van der Waals surface area contributed by atoms with E-state index in [0.717, 1.165) is 5.56 Å². The number of likely N-dealkylation sites (N-methyl/N-ethyl adjacent to an activating group) is 1. The number of hydrogen-bond acceptors (Lipinski definition) is 3. The molecule has 1 amide bonds. The van der Waals surface area contributed by atoms with Crippen LogP contribution in [0.4, 0.5) is 5.69 Å². The first-order valence-corrected chi connectivity index (χ1v) is 7.59. The van der Waals surface area contributed by atoms with Crippen LogP contribution in [0, 0.1) is 0 Å². The van der Waals surface area contributed by atoms with E-state index in [1.807, 2.05) is 13.8 Å². The molecule has 0 aliphatic carbocycles. The van der Waals surface area contributed by atoms with Gasteiger partial charge in [-0.25, -0.2) is 0 Å². The molecule has 1 aliphatic rings. The van der Waals surface area contributed by atoms with Crippen molar-refractivity contribution in [3.63, 3.8) is 0 Å². The molecule has 2 aromatic rings. The molecule has 5 heteroatoms. The molecule has 1 aromatic heterocycles. The Kier molecular flexibility index (Phi) is 4.84. The third-order valence-electron chi connectivity index (χ3n) is 3.63. The van der Waals surface area contributed by atoms with Crippen molar-refractivity contribution >= 4 is 23.2 Å². The zero-order valence-corrected chi connectivity index (χ0v) is 13.6. The Morgan fingerprint density at radius 3 is 2.50 bits per heavy atom. The van der Waals surface area contributed by atoms with Crippen LogP contribution in [0.15, 0.2) is 42.7 Å². The summed E-state index contributed by atoms with van der Waals surface area (Å²) in [6.07, 6.45) is 3.48. The van der Waals surface area contributed by atoms with E-state index in [0.29, 0.717) is 16.3 Å². The molecule has 1 aromatic carbocycles. The summed E-state index contributed by atoms with van der Waals surface area (Å²) in [5, 5.41) is 11.4. The quantitative estimate of drug-likeness (QED) is 0.925. The molecule has 0 bridgehead atoms. The molecule has 0 saturated carbocycles. The fraction of sp³-hybridized carbons (Fsp3) is 0.294. The fourth-order valence-electron chi connectivity index (χ4n) is 2.60. The molecular weight excluding hydrogens is 300 g/mol. The number of rotatable bonds is 2. The van der Waals surface area contributed by atoms with Crippen LogP contribution in [-0.4, -0.2) is 23.0 Å². The van der Waals surface area contributed by atoms with Crippen LogP contribution in [-0.2, 0) is 16.8 Å². The molecule has 2 heterocycles. The maximum Gasteiger partial charge on any atom is 0.263 e. The number of pyridine rings is 1.